The number of para-hydroxylation sites is 2. The molecule has 0 saturated carbocycles. The van der Waals surface area contributed by atoms with Crippen molar-refractivity contribution in [3.8, 4) is 83.8 Å². The molecule has 0 atom stereocenters. The van der Waals surface area contributed by atoms with Crippen molar-refractivity contribution < 1.29 is 4.42 Å². The van der Waals surface area contributed by atoms with Gasteiger partial charge < -0.3 is 8.98 Å². The quantitative estimate of drug-likeness (QED) is 0.152. The molecule has 0 N–H and O–H groups in total. The van der Waals surface area contributed by atoms with Gasteiger partial charge in [-0.05, 0) is 122 Å². The molecule has 318 valence electrons. The van der Waals surface area contributed by atoms with Gasteiger partial charge in [0.05, 0.1) is 22.4 Å². The molecule has 0 spiro atoms. The molecule has 0 aliphatic rings. The van der Waals surface area contributed by atoms with E-state index in [2.05, 4.69) is 247 Å². The minimum atomic E-state index is 0.907. The fourth-order valence-electron chi connectivity index (χ4n) is 9.94. The molecule has 68 heavy (non-hydrogen) atoms. The molecular formula is C65H42N2O. The Morgan fingerprint density at radius 1 is 0.250 bits per heavy atom. The Balaban J connectivity index is 0.860. The number of benzene rings is 10. The minimum Gasteiger partial charge on any atom is -0.456 e. The Bertz CT molecular complexity index is 3880. The summed E-state index contributed by atoms with van der Waals surface area (Å²) in [5, 5.41) is 4.71. The van der Waals surface area contributed by atoms with Crippen molar-refractivity contribution in [2.24, 2.45) is 0 Å². The van der Waals surface area contributed by atoms with Crippen LogP contribution in [0.5, 0.6) is 0 Å². The number of hydrogen-bond donors (Lipinski definition) is 0. The Morgan fingerprint density at radius 2 is 0.676 bits per heavy atom. The Kier molecular flexibility index (Phi) is 9.50. The van der Waals surface area contributed by atoms with Crippen molar-refractivity contribution in [1.29, 1.82) is 0 Å². The van der Waals surface area contributed by atoms with Crippen molar-refractivity contribution >= 4 is 43.7 Å². The highest BCUT2D eigenvalue weighted by molar-refractivity contribution is 6.11. The summed E-state index contributed by atoms with van der Waals surface area (Å²) in [5.41, 5.74) is 21.0. The highest BCUT2D eigenvalue weighted by Gasteiger charge is 2.16. The molecule has 13 aromatic rings. The predicted octanol–water partition coefficient (Wildman–Crippen LogP) is 17.7. The summed E-state index contributed by atoms with van der Waals surface area (Å²) < 4.78 is 8.52. The predicted molar refractivity (Wildman–Crippen MR) is 284 cm³/mol. The number of pyridine rings is 1. The third-order valence-corrected chi connectivity index (χ3v) is 13.4. The number of rotatable bonds is 8. The van der Waals surface area contributed by atoms with Crippen LogP contribution in [0.1, 0.15) is 0 Å². The lowest BCUT2D eigenvalue weighted by Gasteiger charge is -2.13. The smallest absolute Gasteiger partial charge is 0.135 e. The molecule has 3 heteroatoms. The fourth-order valence-corrected chi connectivity index (χ4v) is 9.94. The molecule has 3 nitrogen and oxygen atoms in total. The first-order valence-electron chi connectivity index (χ1n) is 23.2. The Labute approximate surface area is 394 Å². The van der Waals surface area contributed by atoms with Gasteiger partial charge in [0.25, 0.3) is 0 Å². The third kappa shape index (κ3) is 7.06. The van der Waals surface area contributed by atoms with Gasteiger partial charge in [0, 0.05) is 38.4 Å². The Hall–Kier alpha value is -9.05. The van der Waals surface area contributed by atoms with Gasteiger partial charge in [-0.3, -0.25) is 0 Å². The molecule has 0 amide bonds. The van der Waals surface area contributed by atoms with Crippen molar-refractivity contribution in [2.45, 2.75) is 0 Å². The van der Waals surface area contributed by atoms with Gasteiger partial charge in [-0.2, -0.15) is 0 Å². The largest absolute Gasteiger partial charge is 0.456 e. The minimum absolute atomic E-state index is 0.907. The molecule has 0 radical (unpaired) electrons. The van der Waals surface area contributed by atoms with Gasteiger partial charge >= 0.3 is 0 Å². The van der Waals surface area contributed by atoms with E-state index in [1.54, 1.807) is 0 Å². The van der Waals surface area contributed by atoms with Crippen molar-refractivity contribution in [2.75, 3.05) is 0 Å². The van der Waals surface area contributed by atoms with Crippen molar-refractivity contribution in [1.82, 2.24) is 9.55 Å². The maximum absolute atomic E-state index is 6.13. The summed E-state index contributed by atoms with van der Waals surface area (Å²) in [6.45, 7) is 0. The monoisotopic (exact) mass is 866 g/mol. The topological polar surface area (TPSA) is 31.0 Å². The third-order valence-electron chi connectivity index (χ3n) is 13.4. The van der Waals surface area contributed by atoms with Crippen LogP contribution in [0.3, 0.4) is 0 Å². The lowest BCUT2D eigenvalue weighted by atomic mass is 9.97. The molecule has 0 aliphatic carbocycles. The van der Waals surface area contributed by atoms with Gasteiger partial charge in [0.1, 0.15) is 11.2 Å². The second-order valence-electron chi connectivity index (χ2n) is 17.5. The standard InChI is InChI=1S/C65H42N2O/c1-3-12-43(13-4-1)45-22-24-47(25-23-45)54-41-60(48-28-26-46(27-29-48)44-14-5-2-6-15-44)66-61(42-54)49-30-34-55(35-31-49)67-62-20-9-7-18-56(62)58-39-52(32-36-63(58)67)50-16-11-17-51(38-50)53-33-37-65-59(40-53)57-19-8-10-21-64(57)68-65/h1-42H. The summed E-state index contributed by atoms with van der Waals surface area (Å²) in [7, 11) is 0. The van der Waals surface area contributed by atoms with Crippen LogP contribution in [0.2, 0.25) is 0 Å². The molecule has 13 rings (SSSR count). The number of hydrogen-bond acceptors (Lipinski definition) is 2. The molecule has 3 aromatic heterocycles. The Morgan fingerprint density at radius 3 is 1.32 bits per heavy atom. The number of furan rings is 1. The van der Waals surface area contributed by atoms with E-state index in [0.29, 0.717) is 0 Å². The van der Waals surface area contributed by atoms with Crippen LogP contribution < -0.4 is 0 Å². The van der Waals surface area contributed by atoms with Crippen LogP contribution in [0, 0.1) is 0 Å². The van der Waals surface area contributed by atoms with E-state index in [4.69, 9.17) is 9.40 Å². The second-order valence-corrected chi connectivity index (χ2v) is 17.5. The first-order valence-corrected chi connectivity index (χ1v) is 23.2. The van der Waals surface area contributed by atoms with E-state index >= 15 is 0 Å². The zero-order valence-electron chi connectivity index (χ0n) is 37.1. The van der Waals surface area contributed by atoms with Crippen LogP contribution in [0.4, 0.5) is 0 Å². The first-order chi connectivity index (χ1) is 33.7. The lowest BCUT2D eigenvalue weighted by Crippen LogP contribution is -1.95. The normalized spacial score (nSPS) is 11.5. The van der Waals surface area contributed by atoms with E-state index in [0.717, 1.165) is 66.8 Å². The maximum Gasteiger partial charge on any atom is 0.135 e. The van der Waals surface area contributed by atoms with E-state index in [9.17, 15) is 0 Å². The van der Waals surface area contributed by atoms with Crippen molar-refractivity contribution in [3.63, 3.8) is 0 Å². The highest BCUT2D eigenvalue weighted by atomic mass is 16.3. The van der Waals surface area contributed by atoms with Crippen LogP contribution in [0.25, 0.3) is 128 Å². The van der Waals surface area contributed by atoms with Crippen LogP contribution in [-0.4, -0.2) is 9.55 Å². The van der Waals surface area contributed by atoms with Crippen LogP contribution in [0.15, 0.2) is 259 Å². The van der Waals surface area contributed by atoms with E-state index < -0.39 is 0 Å². The second kappa shape index (κ2) is 16.4. The summed E-state index contributed by atoms with van der Waals surface area (Å²) in [5.74, 6) is 0. The van der Waals surface area contributed by atoms with Gasteiger partial charge in [0.2, 0.25) is 0 Å². The summed E-state index contributed by atoms with van der Waals surface area (Å²) in [6.07, 6.45) is 0. The average molecular weight is 867 g/mol. The zero-order chi connectivity index (χ0) is 45.0. The number of nitrogens with zero attached hydrogens (tertiary/aromatic N) is 2. The van der Waals surface area contributed by atoms with E-state index in [1.807, 2.05) is 12.1 Å². The summed E-state index contributed by atoms with van der Waals surface area (Å²) >= 11 is 0. The number of aromatic nitrogens is 2. The first kappa shape index (κ1) is 39.3. The van der Waals surface area contributed by atoms with E-state index in [-0.39, 0.29) is 0 Å². The lowest BCUT2D eigenvalue weighted by molar-refractivity contribution is 0.669. The molecule has 0 fully saturated rings. The molecule has 3 heterocycles. The van der Waals surface area contributed by atoms with Gasteiger partial charge in [-0.25, -0.2) is 4.98 Å². The number of fused-ring (bicyclic) bond motifs is 6. The van der Waals surface area contributed by atoms with Gasteiger partial charge in [0.15, 0.2) is 0 Å². The SMILES string of the molecule is c1ccc(-c2ccc(-c3cc(-c4ccc(-c5ccccc5)cc4)nc(-c4ccc(-n5c6ccccc6c6cc(-c7cccc(-c8ccc9oc%10ccccc%10c9c8)c7)ccc65)cc4)c3)cc2)cc1. The maximum atomic E-state index is 6.13. The average Bonchev–Trinajstić information content (AvgIpc) is 3.96. The molecule has 0 unspecified atom stereocenters. The van der Waals surface area contributed by atoms with Gasteiger partial charge in [-0.1, -0.05) is 188 Å². The summed E-state index contributed by atoms with van der Waals surface area (Å²) in [4.78, 5) is 5.34. The summed E-state index contributed by atoms with van der Waals surface area (Å²) in [6, 6.07) is 91.3. The molecular weight excluding hydrogens is 825 g/mol. The molecule has 0 aliphatic heterocycles. The van der Waals surface area contributed by atoms with Crippen LogP contribution in [-0.2, 0) is 0 Å². The molecule has 0 saturated heterocycles. The van der Waals surface area contributed by atoms with Crippen LogP contribution >= 0.6 is 0 Å². The van der Waals surface area contributed by atoms with Gasteiger partial charge in [-0.15, -0.1) is 0 Å². The van der Waals surface area contributed by atoms with E-state index in [1.165, 1.54) is 60.8 Å². The zero-order valence-corrected chi connectivity index (χ0v) is 37.1. The highest BCUT2D eigenvalue weighted by Crippen LogP contribution is 2.39. The van der Waals surface area contributed by atoms with Crippen molar-refractivity contribution in [3.05, 3.63) is 255 Å². The molecule has 10 aromatic carbocycles. The fraction of sp³-hybridized carbons (Fsp3) is 0. The molecule has 0 bridgehead atoms.